The average molecular weight is 396 g/mol. The summed E-state index contributed by atoms with van der Waals surface area (Å²) in [6.45, 7) is 0.749. The van der Waals surface area contributed by atoms with E-state index in [0.717, 1.165) is 14.6 Å². The first-order valence-corrected chi connectivity index (χ1v) is 6.94. The standard InChI is InChI=1S/C9H7BrIN3S/c10-7-1-2-15-8(7)5-14-9-12-3-6(11)4-13-9/h1-4H,5H2,(H,12,13,14). The minimum atomic E-state index is 0.663. The van der Waals surface area contributed by atoms with E-state index in [9.17, 15) is 0 Å². The van der Waals surface area contributed by atoms with Gasteiger partial charge in [-0.05, 0) is 50.0 Å². The number of nitrogens with zero attached hydrogens (tertiary/aromatic N) is 2. The van der Waals surface area contributed by atoms with Crippen LogP contribution in [0.15, 0.2) is 28.3 Å². The highest BCUT2D eigenvalue weighted by Crippen LogP contribution is 2.22. The van der Waals surface area contributed by atoms with E-state index in [-0.39, 0.29) is 0 Å². The fourth-order valence-electron chi connectivity index (χ4n) is 1.01. The average Bonchev–Trinajstić information content (AvgIpc) is 2.63. The molecule has 2 aromatic rings. The summed E-state index contributed by atoms with van der Waals surface area (Å²) in [5.74, 6) is 0.663. The van der Waals surface area contributed by atoms with E-state index < -0.39 is 0 Å². The van der Waals surface area contributed by atoms with Gasteiger partial charge in [0.1, 0.15) is 0 Å². The summed E-state index contributed by atoms with van der Waals surface area (Å²) in [6.07, 6.45) is 3.58. The number of anilines is 1. The largest absolute Gasteiger partial charge is 0.349 e. The summed E-state index contributed by atoms with van der Waals surface area (Å²) in [4.78, 5) is 9.58. The maximum atomic E-state index is 4.17. The second kappa shape index (κ2) is 5.22. The molecule has 0 saturated carbocycles. The van der Waals surface area contributed by atoms with Gasteiger partial charge in [-0.2, -0.15) is 0 Å². The maximum absolute atomic E-state index is 4.17. The number of nitrogens with one attached hydrogen (secondary N) is 1. The van der Waals surface area contributed by atoms with E-state index in [0.29, 0.717) is 5.95 Å². The van der Waals surface area contributed by atoms with Crippen molar-refractivity contribution in [3.05, 3.63) is 36.8 Å². The molecule has 0 bridgehead atoms. The van der Waals surface area contributed by atoms with Crippen LogP contribution in [0.2, 0.25) is 0 Å². The van der Waals surface area contributed by atoms with Crippen molar-refractivity contribution in [2.45, 2.75) is 6.54 Å². The van der Waals surface area contributed by atoms with Crippen LogP contribution < -0.4 is 5.32 Å². The third-order valence-electron chi connectivity index (χ3n) is 1.72. The zero-order chi connectivity index (χ0) is 10.7. The molecule has 3 nitrogen and oxygen atoms in total. The van der Waals surface area contributed by atoms with Gasteiger partial charge in [-0.1, -0.05) is 0 Å². The molecule has 15 heavy (non-hydrogen) atoms. The lowest BCUT2D eigenvalue weighted by Crippen LogP contribution is -2.02. The number of hydrogen-bond acceptors (Lipinski definition) is 4. The zero-order valence-corrected chi connectivity index (χ0v) is 12.1. The van der Waals surface area contributed by atoms with E-state index in [1.165, 1.54) is 4.88 Å². The Labute approximate surface area is 114 Å². The first-order chi connectivity index (χ1) is 7.25. The van der Waals surface area contributed by atoms with Crippen molar-refractivity contribution in [3.8, 4) is 0 Å². The summed E-state index contributed by atoms with van der Waals surface area (Å²) in [7, 11) is 0. The molecule has 0 aliphatic carbocycles. The van der Waals surface area contributed by atoms with Gasteiger partial charge in [0.05, 0.1) is 6.54 Å². The Morgan fingerprint density at radius 3 is 2.73 bits per heavy atom. The van der Waals surface area contributed by atoms with Crippen molar-refractivity contribution in [1.82, 2.24) is 9.97 Å². The molecule has 0 atom stereocenters. The Bertz CT molecular complexity index is 443. The molecule has 0 fully saturated rings. The van der Waals surface area contributed by atoms with E-state index in [1.54, 1.807) is 23.7 Å². The topological polar surface area (TPSA) is 37.8 Å². The van der Waals surface area contributed by atoms with E-state index in [4.69, 9.17) is 0 Å². The van der Waals surface area contributed by atoms with Crippen molar-refractivity contribution in [2.75, 3.05) is 5.32 Å². The molecule has 1 N–H and O–H groups in total. The second-order valence-corrected chi connectivity index (χ2v) is 5.87. The van der Waals surface area contributed by atoms with E-state index >= 15 is 0 Å². The van der Waals surface area contributed by atoms with Crippen LogP contribution in [0, 0.1) is 3.57 Å². The lowest BCUT2D eigenvalue weighted by Gasteiger charge is -2.02. The van der Waals surface area contributed by atoms with E-state index in [1.807, 2.05) is 6.07 Å². The molecular weight excluding hydrogens is 389 g/mol. The van der Waals surface area contributed by atoms with Crippen LogP contribution in [0.4, 0.5) is 5.95 Å². The van der Waals surface area contributed by atoms with Gasteiger partial charge in [0.25, 0.3) is 0 Å². The highest BCUT2D eigenvalue weighted by atomic mass is 127. The van der Waals surface area contributed by atoms with Crippen molar-refractivity contribution in [3.63, 3.8) is 0 Å². The van der Waals surface area contributed by atoms with Crippen molar-refractivity contribution in [2.24, 2.45) is 0 Å². The van der Waals surface area contributed by atoms with Gasteiger partial charge in [-0.25, -0.2) is 9.97 Å². The first-order valence-electron chi connectivity index (χ1n) is 4.19. The van der Waals surface area contributed by atoms with Crippen LogP contribution in [-0.4, -0.2) is 9.97 Å². The van der Waals surface area contributed by atoms with Crippen molar-refractivity contribution < 1.29 is 0 Å². The lowest BCUT2D eigenvalue weighted by molar-refractivity contribution is 1.06. The van der Waals surface area contributed by atoms with Gasteiger partial charge in [0, 0.05) is 25.3 Å². The molecule has 0 saturated heterocycles. The zero-order valence-electron chi connectivity index (χ0n) is 7.58. The molecule has 6 heteroatoms. The van der Waals surface area contributed by atoms with Crippen LogP contribution in [0.1, 0.15) is 4.88 Å². The highest BCUT2D eigenvalue weighted by molar-refractivity contribution is 14.1. The molecule has 0 aromatic carbocycles. The van der Waals surface area contributed by atoms with Crippen LogP contribution in [-0.2, 0) is 6.54 Å². The molecule has 0 aliphatic rings. The Hall–Kier alpha value is -0.210. The number of rotatable bonds is 3. The summed E-state index contributed by atoms with van der Waals surface area (Å²) in [6, 6.07) is 2.04. The highest BCUT2D eigenvalue weighted by Gasteiger charge is 2.01. The third-order valence-corrected chi connectivity index (χ3v) is 4.20. The Morgan fingerprint density at radius 2 is 2.13 bits per heavy atom. The summed E-state index contributed by atoms with van der Waals surface area (Å²) >= 11 is 7.37. The Morgan fingerprint density at radius 1 is 1.40 bits per heavy atom. The molecule has 0 amide bonds. The monoisotopic (exact) mass is 395 g/mol. The van der Waals surface area contributed by atoms with Crippen LogP contribution in [0.25, 0.3) is 0 Å². The third kappa shape index (κ3) is 3.12. The quantitative estimate of drug-likeness (QED) is 0.808. The number of aromatic nitrogens is 2. The van der Waals surface area contributed by atoms with Crippen LogP contribution in [0.5, 0.6) is 0 Å². The molecule has 2 aromatic heterocycles. The molecule has 2 heterocycles. The molecule has 0 radical (unpaired) electrons. The normalized spacial score (nSPS) is 10.3. The number of thiophene rings is 1. The lowest BCUT2D eigenvalue weighted by atomic mass is 10.5. The van der Waals surface area contributed by atoms with Crippen molar-refractivity contribution >= 4 is 55.8 Å². The Kier molecular flexibility index (Phi) is 3.92. The molecule has 2 rings (SSSR count). The van der Waals surface area contributed by atoms with Gasteiger partial charge in [0.2, 0.25) is 5.95 Å². The smallest absolute Gasteiger partial charge is 0.222 e. The fourth-order valence-corrected chi connectivity index (χ4v) is 2.72. The van der Waals surface area contributed by atoms with Crippen LogP contribution in [0.3, 0.4) is 0 Å². The molecule has 0 spiro atoms. The maximum Gasteiger partial charge on any atom is 0.222 e. The predicted octanol–water partition coefficient (Wildman–Crippen LogP) is 3.52. The van der Waals surface area contributed by atoms with Gasteiger partial charge in [-0.3, -0.25) is 0 Å². The molecule has 78 valence electrons. The first kappa shape index (κ1) is 11.3. The summed E-state index contributed by atoms with van der Waals surface area (Å²) < 4.78 is 2.17. The van der Waals surface area contributed by atoms with Crippen LogP contribution >= 0.6 is 49.9 Å². The molecule has 0 unspecified atom stereocenters. The minimum absolute atomic E-state index is 0.663. The Balaban J connectivity index is 1.99. The van der Waals surface area contributed by atoms with Gasteiger partial charge < -0.3 is 5.32 Å². The van der Waals surface area contributed by atoms with E-state index in [2.05, 4.69) is 59.2 Å². The SMILES string of the molecule is Brc1ccsc1CNc1ncc(I)cn1. The predicted molar refractivity (Wildman–Crippen MR) is 74.1 cm³/mol. The number of hydrogen-bond donors (Lipinski definition) is 1. The number of halogens is 2. The van der Waals surface area contributed by atoms with Gasteiger partial charge in [-0.15, -0.1) is 11.3 Å². The summed E-state index contributed by atoms with van der Waals surface area (Å²) in [5.41, 5.74) is 0. The van der Waals surface area contributed by atoms with Gasteiger partial charge in [0.15, 0.2) is 0 Å². The van der Waals surface area contributed by atoms with Gasteiger partial charge >= 0.3 is 0 Å². The second-order valence-electron chi connectivity index (χ2n) is 2.77. The fraction of sp³-hybridized carbons (Fsp3) is 0.111. The molecular formula is C9H7BrIN3S. The summed E-state index contributed by atoms with van der Waals surface area (Å²) in [5, 5.41) is 5.22. The minimum Gasteiger partial charge on any atom is -0.349 e. The molecule has 0 aliphatic heterocycles. The van der Waals surface area contributed by atoms with Crippen molar-refractivity contribution in [1.29, 1.82) is 0 Å².